The first-order valence-corrected chi connectivity index (χ1v) is 11.0. The predicted octanol–water partition coefficient (Wildman–Crippen LogP) is 3.76. The molecule has 1 aliphatic heterocycles. The van der Waals surface area contributed by atoms with Crippen molar-refractivity contribution in [3.63, 3.8) is 0 Å². The molecule has 8 heteroatoms. The highest BCUT2D eigenvalue weighted by Gasteiger charge is 2.28. The topological polar surface area (TPSA) is 59.3 Å². The van der Waals surface area contributed by atoms with Gasteiger partial charge in [-0.1, -0.05) is 12.1 Å². The van der Waals surface area contributed by atoms with Crippen LogP contribution in [0.25, 0.3) is 11.1 Å². The van der Waals surface area contributed by atoms with Crippen LogP contribution in [0, 0.1) is 19.7 Å². The van der Waals surface area contributed by atoms with Gasteiger partial charge in [-0.05, 0) is 38.5 Å². The molecular formula is C24H31FN6O. The maximum absolute atomic E-state index is 13.5. The molecule has 3 aromatic rings. The normalized spacial score (nSPS) is 17.0. The maximum Gasteiger partial charge on any atom is 0.225 e. The highest BCUT2D eigenvalue weighted by molar-refractivity contribution is 5.66. The number of halogens is 1. The van der Waals surface area contributed by atoms with E-state index in [4.69, 9.17) is 9.72 Å². The lowest BCUT2D eigenvalue weighted by molar-refractivity contribution is -0.0348. The van der Waals surface area contributed by atoms with E-state index in [1.165, 1.54) is 23.4 Å². The summed E-state index contributed by atoms with van der Waals surface area (Å²) >= 11 is 0. The molecule has 1 atom stereocenters. The van der Waals surface area contributed by atoms with Crippen LogP contribution in [0.5, 0.6) is 0 Å². The van der Waals surface area contributed by atoms with Gasteiger partial charge < -0.3 is 9.64 Å². The Bertz CT molecular complexity index is 1080. The van der Waals surface area contributed by atoms with Crippen LogP contribution in [-0.4, -0.2) is 58.4 Å². The summed E-state index contributed by atoms with van der Waals surface area (Å²) in [6.45, 7) is 10.2. The van der Waals surface area contributed by atoms with Gasteiger partial charge in [-0.25, -0.2) is 14.4 Å². The Morgan fingerprint density at radius 2 is 1.94 bits per heavy atom. The molecule has 170 valence electrons. The monoisotopic (exact) mass is 438 g/mol. The molecular weight excluding hydrogens is 407 g/mol. The number of aromatic nitrogens is 4. The van der Waals surface area contributed by atoms with E-state index in [1.54, 1.807) is 12.1 Å². The number of morpholine rings is 1. The predicted molar refractivity (Wildman–Crippen MR) is 123 cm³/mol. The van der Waals surface area contributed by atoms with Gasteiger partial charge in [0.15, 0.2) is 0 Å². The highest BCUT2D eigenvalue weighted by Crippen LogP contribution is 2.32. The summed E-state index contributed by atoms with van der Waals surface area (Å²) in [4.78, 5) is 13.6. The molecule has 0 radical (unpaired) electrons. The van der Waals surface area contributed by atoms with Crippen molar-refractivity contribution in [2.24, 2.45) is 0 Å². The summed E-state index contributed by atoms with van der Waals surface area (Å²) in [5.41, 5.74) is 6.16. The quantitative estimate of drug-likeness (QED) is 0.584. The highest BCUT2D eigenvalue weighted by atomic mass is 19.1. The average Bonchev–Trinajstić information content (AvgIpc) is 3.07. The fourth-order valence-corrected chi connectivity index (χ4v) is 4.20. The molecule has 4 rings (SSSR count). The van der Waals surface area contributed by atoms with Crippen LogP contribution in [0.3, 0.4) is 0 Å². The van der Waals surface area contributed by atoms with E-state index >= 15 is 0 Å². The largest absolute Gasteiger partial charge is 0.369 e. The summed E-state index contributed by atoms with van der Waals surface area (Å²) in [5.74, 6) is 0.363. The van der Waals surface area contributed by atoms with Crippen molar-refractivity contribution in [1.82, 2.24) is 24.6 Å². The van der Waals surface area contributed by atoms with Crippen molar-refractivity contribution in [2.45, 2.75) is 40.0 Å². The van der Waals surface area contributed by atoms with E-state index < -0.39 is 0 Å². The van der Waals surface area contributed by atoms with Crippen LogP contribution in [0.4, 0.5) is 10.3 Å². The Hall–Kier alpha value is -2.84. The van der Waals surface area contributed by atoms with E-state index in [9.17, 15) is 4.39 Å². The molecule has 0 saturated carbocycles. The minimum Gasteiger partial charge on any atom is -0.369 e. The zero-order chi connectivity index (χ0) is 22.8. The summed E-state index contributed by atoms with van der Waals surface area (Å²) in [6.07, 6.45) is 1.61. The summed E-state index contributed by atoms with van der Waals surface area (Å²) < 4.78 is 21.8. The van der Waals surface area contributed by atoms with Crippen LogP contribution in [0.15, 0.2) is 30.5 Å². The lowest BCUT2D eigenvalue weighted by Crippen LogP contribution is -2.38. The zero-order valence-corrected chi connectivity index (χ0v) is 19.5. The molecule has 32 heavy (non-hydrogen) atoms. The molecule has 0 amide bonds. The molecule has 1 aliphatic rings. The van der Waals surface area contributed by atoms with Gasteiger partial charge in [-0.2, -0.15) is 5.10 Å². The number of rotatable bonds is 6. The Morgan fingerprint density at radius 3 is 2.59 bits per heavy atom. The third-order valence-corrected chi connectivity index (χ3v) is 6.03. The van der Waals surface area contributed by atoms with Gasteiger partial charge in [0.1, 0.15) is 11.9 Å². The first kappa shape index (κ1) is 22.4. The molecule has 0 unspecified atom stereocenters. The second-order valence-corrected chi connectivity index (χ2v) is 8.43. The fraction of sp³-hybridized carbons (Fsp3) is 0.458. The Balaban J connectivity index is 1.64. The Kier molecular flexibility index (Phi) is 6.53. The maximum atomic E-state index is 13.5. The van der Waals surface area contributed by atoms with E-state index in [-0.39, 0.29) is 11.9 Å². The lowest BCUT2D eigenvalue weighted by Gasteiger charge is -2.33. The lowest BCUT2D eigenvalue weighted by atomic mass is 10.0. The molecule has 2 aromatic heterocycles. The number of anilines is 1. The fourth-order valence-electron chi connectivity index (χ4n) is 4.20. The van der Waals surface area contributed by atoms with E-state index in [1.807, 2.05) is 25.2 Å². The second-order valence-electron chi connectivity index (χ2n) is 8.43. The third kappa shape index (κ3) is 4.52. The van der Waals surface area contributed by atoms with Gasteiger partial charge in [-0.3, -0.25) is 9.58 Å². The van der Waals surface area contributed by atoms with Crippen LogP contribution in [-0.2, 0) is 17.8 Å². The smallest absolute Gasteiger partial charge is 0.225 e. The van der Waals surface area contributed by atoms with Crippen molar-refractivity contribution in [2.75, 3.05) is 38.7 Å². The molecule has 0 aliphatic carbocycles. The van der Waals surface area contributed by atoms with Crippen LogP contribution in [0.1, 0.15) is 35.7 Å². The number of hydrogen-bond acceptors (Lipinski definition) is 6. The van der Waals surface area contributed by atoms with Crippen LogP contribution >= 0.6 is 0 Å². The van der Waals surface area contributed by atoms with Crippen LogP contribution < -0.4 is 4.90 Å². The molecule has 1 fully saturated rings. The number of benzene rings is 1. The van der Waals surface area contributed by atoms with Crippen molar-refractivity contribution >= 4 is 5.95 Å². The molecule has 0 bridgehead atoms. The Morgan fingerprint density at radius 1 is 1.19 bits per heavy atom. The van der Waals surface area contributed by atoms with Crippen molar-refractivity contribution < 1.29 is 9.13 Å². The molecule has 1 saturated heterocycles. The summed E-state index contributed by atoms with van der Waals surface area (Å²) in [5, 5.41) is 4.67. The molecule has 7 nitrogen and oxygen atoms in total. The third-order valence-electron chi connectivity index (χ3n) is 6.03. The summed E-state index contributed by atoms with van der Waals surface area (Å²) in [7, 11) is 3.84. The number of nitrogens with zero attached hydrogens (tertiary/aromatic N) is 6. The van der Waals surface area contributed by atoms with E-state index in [0.29, 0.717) is 19.1 Å². The SMILES string of the molecule is CCn1nc(C)c(CN2CCO[C@@H](c3nc(N(C)C)ncc3-c3ccc(F)cc3)C2)c1C. The zero-order valence-electron chi connectivity index (χ0n) is 19.5. The van der Waals surface area contributed by atoms with Crippen LogP contribution in [0.2, 0.25) is 0 Å². The minimum absolute atomic E-state index is 0.202. The molecule has 0 N–H and O–H groups in total. The summed E-state index contributed by atoms with van der Waals surface area (Å²) in [6, 6.07) is 6.45. The van der Waals surface area contributed by atoms with Gasteiger partial charge in [0.25, 0.3) is 0 Å². The van der Waals surface area contributed by atoms with Gasteiger partial charge >= 0.3 is 0 Å². The minimum atomic E-state index is -0.264. The molecule has 0 spiro atoms. The van der Waals surface area contributed by atoms with Crippen molar-refractivity contribution in [1.29, 1.82) is 0 Å². The van der Waals surface area contributed by atoms with Gasteiger partial charge in [0.05, 0.1) is 18.0 Å². The van der Waals surface area contributed by atoms with E-state index in [0.717, 1.165) is 42.1 Å². The molecule has 1 aromatic carbocycles. The average molecular weight is 439 g/mol. The Labute approximate surface area is 188 Å². The first-order valence-electron chi connectivity index (χ1n) is 11.0. The second kappa shape index (κ2) is 9.34. The van der Waals surface area contributed by atoms with Gasteiger partial charge in [0.2, 0.25) is 5.95 Å². The number of ether oxygens (including phenoxy) is 1. The van der Waals surface area contributed by atoms with Crippen molar-refractivity contribution in [3.05, 3.63) is 58.9 Å². The van der Waals surface area contributed by atoms with E-state index in [2.05, 4.69) is 40.4 Å². The first-order chi connectivity index (χ1) is 15.4. The van der Waals surface area contributed by atoms with Gasteiger partial charge in [-0.15, -0.1) is 0 Å². The standard InChI is InChI=1S/C24H31FN6O/c1-6-31-17(3)21(16(2)28-31)14-30-11-12-32-22(15-30)23-20(13-26-24(27-23)29(4)5)18-7-9-19(25)10-8-18/h7-10,13,22H,6,11-12,14-15H2,1-5H3/t22-/m1/s1. The number of aryl methyl sites for hydroxylation is 2. The van der Waals surface area contributed by atoms with Gasteiger partial charge in [0, 0.05) is 63.3 Å². The number of hydrogen-bond donors (Lipinski definition) is 0. The molecule has 3 heterocycles. The van der Waals surface area contributed by atoms with Crippen molar-refractivity contribution in [3.8, 4) is 11.1 Å².